The lowest BCUT2D eigenvalue weighted by Gasteiger charge is -2.40. The maximum atomic E-state index is 12.6. The van der Waals surface area contributed by atoms with Crippen molar-refractivity contribution in [3.05, 3.63) is 0 Å². The summed E-state index contributed by atoms with van der Waals surface area (Å²) < 4.78 is 36.5. The van der Waals surface area contributed by atoms with E-state index in [0.717, 1.165) is 19.3 Å². The van der Waals surface area contributed by atoms with E-state index in [0.29, 0.717) is 6.42 Å². The summed E-state index contributed by atoms with van der Waals surface area (Å²) in [5.74, 6) is -2.68. The topological polar surface area (TPSA) is 118 Å². The fraction of sp³-hybridized carbons (Fsp3) is 0.895. The Hall–Kier alpha value is -1.15. The molecule has 0 aromatic carbocycles. The number of hydrogen-bond donors (Lipinski definition) is 2. The Morgan fingerprint density at radius 1 is 0.926 bits per heavy atom. The van der Waals surface area contributed by atoms with Crippen LogP contribution in [0.3, 0.4) is 0 Å². The van der Waals surface area contributed by atoms with Crippen LogP contribution in [0, 0.1) is 5.41 Å². The van der Waals surface area contributed by atoms with Crippen molar-refractivity contribution in [2.45, 2.75) is 96.7 Å². The van der Waals surface area contributed by atoms with Gasteiger partial charge in [0.2, 0.25) is 4.75 Å². The van der Waals surface area contributed by atoms with Gasteiger partial charge in [0.05, 0.1) is 13.0 Å². The Morgan fingerprint density at radius 2 is 1.41 bits per heavy atom. The molecule has 0 aliphatic carbocycles. The number of carboxylic acids is 1. The summed E-state index contributed by atoms with van der Waals surface area (Å²) in [5, 5.41) is 9.17. The van der Waals surface area contributed by atoms with Crippen LogP contribution in [0.2, 0.25) is 0 Å². The van der Waals surface area contributed by atoms with E-state index >= 15 is 0 Å². The molecule has 0 aromatic rings. The van der Waals surface area contributed by atoms with Crippen molar-refractivity contribution in [1.82, 2.24) is 0 Å². The fourth-order valence-corrected chi connectivity index (χ4v) is 4.57. The van der Waals surface area contributed by atoms with Gasteiger partial charge in [0, 0.05) is 0 Å². The van der Waals surface area contributed by atoms with Gasteiger partial charge in [-0.15, -0.1) is 0 Å². The fourth-order valence-electron chi connectivity index (χ4n) is 3.15. The molecule has 8 heteroatoms. The molecule has 0 rings (SSSR count). The van der Waals surface area contributed by atoms with Crippen molar-refractivity contribution in [2.75, 3.05) is 6.61 Å². The number of rotatable bonds is 15. The molecule has 0 aliphatic heterocycles. The van der Waals surface area contributed by atoms with Gasteiger partial charge in [-0.1, -0.05) is 72.6 Å². The van der Waals surface area contributed by atoms with Crippen LogP contribution < -0.4 is 0 Å². The number of ether oxygens (including phenoxy) is 1. The van der Waals surface area contributed by atoms with Crippen molar-refractivity contribution in [3.63, 3.8) is 0 Å². The van der Waals surface area contributed by atoms with Crippen LogP contribution in [0.4, 0.5) is 0 Å². The quantitative estimate of drug-likeness (QED) is 0.237. The molecule has 0 aromatic heterocycles. The average Bonchev–Trinajstić information content (AvgIpc) is 2.56. The molecular formula is C19H36O7S. The maximum Gasteiger partial charge on any atom is 0.331 e. The van der Waals surface area contributed by atoms with Gasteiger partial charge in [0.15, 0.2) is 0 Å². The summed E-state index contributed by atoms with van der Waals surface area (Å²) in [6.45, 7) is 6.69. The summed E-state index contributed by atoms with van der Waals surface area (Å²) >= 11 is 0. The molecule has 0 radical (unpaired) electrons. The van der Waals surface area contributed by atoms with E-state index in [9.17, 15) is 22.6 Å². The number of aliphatic carboxylic acids is 1. The molecule has 0 fully saturated rings. The summed E-state index contributed by atoms with van der Waals surface area (Å²) in [5.41, 5.74) is -1.31. The Balaban J connectivity index is 4.91. The van der Waals surface area contributed by atoms with Crippen molar-refractivity contribution < 1.29 is 32.4 Å². The second kappa shape index (κ2) is 11.6. The Morgan fingerprint density at radius 3 is 1.81 bits per heavy atom. The molecule has 160 valence electrons. The number of esters is 1. The first kappa shape index (κ1) is 25.9. The van der Waals surface area contributed by atoms with Crippen LogP contribution in [-0.4, -0.2) is 41.4 Å². The van der Waals surface area contributed by atoms with Crippen LogP contribution in [0.15, 0.2) is 0 Å². The zero-order valence-corrected chi connectivity index (χ0v) is 17.9. The highest BCUT2D eigenvalue weighted by Gasteiger charge is 2.62. The van der Waals surface area contributed by atoms with Crippen molar-refractivity contribution >= 4 is 22.1 Å². The molecule has 2 N–H and O–H groups in total. The van der Waals surface area contributed by atoms with Crippen molar-refractivity contribution in [3.8, 4) is 0 Å². The van der Waals surface area contributed by atoms with Gasteiger partial charge >= 0.3 is 11.9 Å². The number of hydrogen-bond acceptors (Lipinski definition) is 5. The van der Waals surface area contributed by atoms with E-state index in [-0.39, 0.29) is 13.0 Å². The highest BCUT2D eigenvalue weighted by atomic mass is 32.2. The summed E-state index contributed by atoms with van der Waals surface area (Å²) in [6, 6.07) is 0. The molecule has 0 bridgehead atoms. The van der Waals surface area contributed by atoms with Gasteiger partial charge in [-0.3, -0.25) is 14.1 Å². The van der Waals surface area contributed by atoms with E-state index in [1.165, 1.54) is 39.5 Å². The molecule has 0 saturated heterocycles. The lowest BCUT2D eigenvalue weighted by molar-refractivity contribution is -0.155. The predicted molar refractivity (Wildman–Crippen MR) is 104 cm³/mol. The number of carbonyl (C=O) groups excluding carboxylic acids is 1. The Labute approximate surface area is 163 Å². The third kappa shape index (κ3) is 7.41. The molecular weight excluding hydrogens is 372 g/mol. The second-order valence-corrected chi connectivity index (χ2v) is 9.37. The van der Waals surface area contributed by atoms with E-state index in [2.05, 4.69) is 6.92 Å². The minimum absolute atomic E-state index is 0.00444. The Bertz CT molecular complexity index is 569. The summed E-state index contributed by atoms with van der Waals surface area (Å²) in [7, 11) is -5.01. The third-order valence-electron chi connectivity index (χ3n) is 5.38. The van der Waals surface area contributed by atoms with Gasteiger partial charge in [0.1, 0.15) is 0 Å². The molecule has 0 saturated carbocycles. The zero-order valence-electron chi connectivity index (χ0n) is 17.1. The Kier molecular flexibility index (Phi) is 11.1. The highest BCUT2D eigenvalue weighted by molar-refractivity contribution is 7.88. The smallest absolute Gasteiger partial charge is 0.331 e. The van der Waals surface area contributed by atoms with Gasteiger partial charge in [0.25, 0.3) is 10.1 Å². The van der Waals surface area contributed by atoms with Crippen LogP contribution in [0.1, 0.15) is 91.9 Å². The number of carboxylic acid groups (broad SMARTS) is 1. The van der Waals surface area contributed by atoms with Gasteiger partial charge in [-0.05, 0) is 18.3 Å². The van der Waals surface area contributed by atoms with Crippen LogP contribution in [-0.2, 0) is 24.4 Å². The molecule has 0 heterocycles. The highest BCUT2D eigenvalue weighted by Crippen LogP contribution is 2.43. The third-order valence-corrected chi connectivity index (χ3v) is 7.12. The molecule has 7 nitrogen and oxygen atoms in total. The molecule has 1 atom stereocenters. The maximum absolute atomic E-state index is 12.6. The van der Waals surface area contributed by atoms with Gasteiger partial charge < -0.3 is 9.84 Å². The molecule has 0 aliphatic rings. The van der Waals surface area contributed by atoms with E-state index in [1.54, 1.807) is 6.92 Å². The average molecular weight is 409 g/mol. The van der Waals surface area contributed by atoms with Crippen LogP contribution in [0.5, 0.6) is 0 Å². The normalized spacial score (nSPS) is 14.6. The van der Waals surface area contributed by atoms with Crippen molar-refractivity contribution in [2.24, 2.45) is 5.41 Å². The molecule has 1 unspecified atom stereocenters. The van der Waals surface area contributed by atoms with Crippen molar-refractivity contribution in [1.29, 1.82) is 0 Å². The van der Waals surface area contributed by atoms with E-state index in [4.69, 9.17) is 9.84 Å². The minimum Gasteiger partial charge on any atom is -0.481 e. The van der Waals surface area contributed by atoms with E-state index in [1.807, 2.05) is 0 Å². The zero-order chi connectivity index (χ0) is 21.1. The lowest BCUT2D eigenvalue weighted by atomic mass is 9.74. The molecule has 0 amide bonds. The summed E-state index contributed by atoms with van der Waals surface area (Å²) in [4.78, 5) is 23.9. The molecule has 27 heavy (non-hydrogen) atoms. The minimum atomic E-state index is -5.01. The molecule has 0 spiro atoms. The predicted octanol–water partition coefficient (Wildman–Crippen LogP) is 4.21. The largest absolute Gasteiger partial charge is 0.481 e. The standard InChI is InChI=1S/C19H36O7S/c1-5-7-8-9-10-11-12-13-14-26-17(22)19(15-16(20)21,27(23,24)25)18(3,4)6-2/h5-15H2,1-4H3,(H,20,21)(H,23,24,25). The van der Waals surface area contributed by atoms with Gasteiger partial charge in [-0.25, -0.2) is 0 Å². The van der Waals surface area contributed by atoms with E-state index < -0.39 is 38.6 Å². The number of carbonyl (C=O) groups is 2. The van der Waals surface area contributed by atoms with Crippen LogP contribution >= 0.6 is 0 Å². The SMILES string of the molecule is CCCCCCCCCCOC(=O)C(CC(=O)O)(C(C)(C)CC)S(=O)(=O)O. The first-order valence-electron chi connectivity index (χ1n) is 9.82. The lowest BCUT2D eigenvalue weighted by Crippen LogP contribution is -2.58. The number of unbranched alkanes of at least 4 members (excludes halogenated alkanes) is 7. The van der Waals surface area contributed by atoms with Gasteiger partial charge in [-0.2, -0.15) is 8.42 Å². The summed E-state index contributed by atoms with van der Waals surface area (Å²) in [6.07, 6.45) is 7.45. The monoisotopic (exact) mass is 408 g/mol. The first-order valence-corrected chi connectivity index (χ1v) is 11.3. The second-order valence-electron chi connectivity index (χ2n) is 7.72. The van der Waals surface area contributed by atoms with Crippen LogP contribution in [0.25, 0.3) is 0 Å². The first-order chi connectivity index (χ1) is 12.5.